The molecule has 180 valence electrons. The maximum absolute atomic E-state index is 13.1. The largest absolute Gasteiger partial charge is 0.439 e. The lowest BCUT2D eigenvalue weighted by molar-refractivity contribution is 0.254. The molecular weight excluding hydrogens is 466 g/mol. The summed E-state index contributed by atoms with van der Waals surface area (Å²) in [6, 6.07) is 7.49. The van der Waals surface area contributed by atoms with Crippen molar-refractivity contribution in [1.29, 1.82) is 0 Å². The lowest BCUT2D eigenvalue weighted by Gasteiger charge is -2.23. The van der Waals surface area contributed by atoms with E-state index in [-0.39, 0.29) is 11.4 Å². The molecule has 6 rings (SSSR count). The molecule has 0 saturated carbocycles. The van der Waals surface area contributed by atoms with Crippen molar-refractivity contribution in [2.75, 3.05) is 5.32 Å². The SMILES string of the molecule is C[C@H]1Cc2c(ncnc2Oc2ccc3c(ccn3C(=O)Nc3nn4c(c3Cl)C(C)(C)CC4)c2)CN1. The number of rotatable bonds is 3. The first-order valence-corrected chi connectivity index (χ1v) is 12.1. The molecule has 3 aromatic heterocycles. The smallest absolute Gasteiger partial charge is 0.331 e. The number of nitrogens with zero attached hydrogens (tertiary/aromatic N) is 5. The van der Waals surface area contributed by atoms with Crippen LogP contribution in [0.1, 0.15) is 44.1 Å². The highest BCUT2D eigenvalue weighted by molar-refractivity contribution is 6.34. The Morgan fingerprint density at radius 1 is 1.29 bits per heavy atom. The van der Waals surface area contributed by atoms with E-state index < -0.39 is 0 Å². The van der Waals surface area contributed by atoms with Gasteiger partial charge in [-0.05, 0) is 44.0 Å². The summed E-state index contributed by atoms with van der Waals surface area (Å²) >= 11 is 6.60. The van der Waals surface area contributed by atoms with Gasteiger partial charge in [0.05, 0.1) is 16.9 Å². The van der Waals surface area contributed by atoms with Crippen LogP contribution in [0.2, 0.25) is 5.02 Å². The molecule has 5 heterocycles. The Labute approximate surface area is 207 Å². The van der Waals surface area contributed by atoms with Crippen molar-refractivity contribution in [3.8, 4) is 11.6 Å². The number of benzene rings is 1. The van der Waals surface area contributed by atoms with Crippen molar-refractivity contribution in [2.45, 2.75) is 58.2 Å². The number of nitrogens with one attached hydrogen (secondary N) is 2. The molecule has 2 aliphatic heterocycles. The van der Waals surface area contributed by atoms with Gasteiger partial charge in [0.15, 0.2) is 5.82 Å². The van der Waals surface area contributed by atoms with Gasteiger partial charge in [-0.1, -0.05) is 25.4 Å². The number of fused-ring (bicyclic) bond motifs is 3. The second kappa shape index (κ2) is 8.07. The van der Waals surface area contributed by atoms with Crippen LogP contribution in [0.15, 0.2) is 36.8 Å². The van der Waals surface area contributed by atoms with E-state index in [9.17, 15) is 4.79 Å². The van der Waals surface area contributed by atoms with Gasteiger partial charge >= 0.3 is 6.03 Å². The maximum Gasteiger partial charge on any atom is 0.331 e. The Balaban J connectivity index is 1.25. The van der Waals surface area contributed by atoms with Crippen molar-refractivity contribution in [3.63, 3.8) is 0 Å². The number of carbonyl (C=O) groups is 1. The summed E-state index contributed by atoms with van der Waals surface area (Å²) in [4.78, 5) is 21.8. The van der Waals surface area contributed by atoms with E-state index in [4.69, 9.17) is 16.3 Å². The summed E-state index contributed by atoms with van der Waals surface area (Å²) in [5, 5.41) is 12.2. The number of hydrogen-bond acceptors (Lipinski definition) is 6. The van der Waals surface area contributed by atoms with Gasteiger partial charge in [0.1, 0.15) is 17.1 Å². The summed E-state index contributed by atoms with van der Waals surface area (Å²) in [6.07, 6.45) is 5.04. The molecule has 1 aromatic carbocycles. The summed E-state index contributed by atoms with van der Waals surface area (Å²) in [5.41, 5.74) is 3.64. The maximum atomic E-state index is 13.1. The third kappa shape index (κ3) is 3.75. The molecule has 9 nitrogen and oxygen atoms in total. The lowest BCUT2D eigenvalue weighted by atomic mass is 9.88. The lowest BCUT2D eigenvalue weighted by Crippen LogP contribution is -2.33. The number of aromatic nitrogens is 5. The van der Waals surface area contributed by atoms with E-state index in [0.29, 0.717) is 35.1 Å². The molecule has 0 unspecified atom stereocenters. The minimum Gasteiger partial charge on any atom is -0.439 e. The van der Waals surface area contributed by atoms with Crippen molar-refractivity contribution < 1.29 is 9.53 Å². The Kier molecular flexibility index (Phi) is 5.08. The number of anilines is 1. The Bertz CT molecular complexity index is 1470. The van der Waals surface area contributed by atoms with E-state index in [0.717, 1.165) is 47.2 Å². The van der Waals surface area contributed by atoms with Crippen molar-refractivity contribution >= 4 is 34.4 Å². The van der Waals surface area contributed by atoms with Gasteiger partial charge in [-0.25, -0.2) is 14.8 Å². The number of carbonyl (C=O) groups excluding carboxylic acids is 1. The van der Waals surface area contributed by atoms with Crippen LogP contribution in [-0.2, 0) is 24.9 Å². The van der Waals surface area contributed by atoms with Crippen LogP contribution >= 0.6 is 11.6 Å². The van der Waals surface area contributed by atoms with E-state index >= 15 is 0 Å². The zero-order chi connectivity index (χ0) is 24.3. The summed E-state index contributed by atoms with van der Waals surface area (Å²) in [5.74, 6) is 1.61. The Morgan fingerprint density at radius 3 is 2.97 bits per heavy atom. The number of amides is 1. The van der Waals surface area contributed by atoms with E-state index in [2.05, 4.69) is 46.5 Å². The van der Waals surface area contributed by atoms with Crippen LogP contribution in [0.3, 0.4) is 0 Å². The molecule has 0 fully saturated rings. The summed E-state index contributed by atoms with van der Waals surface area (Å²) in [7, 11) is 0. The van der Waals surface area contributed by atoms with Gasteiger partial charge in [0, 0.05) is 41.7 Å². The molecule has 4 aromatic rings. The Hall–Kier alpha value is -3.43. The summed E-state index contributed by atoms with van der Waals surface area (Å²) < 4.78 is 9.58. The molecule has 2 aliphatic rings. The fourth-order valence-electron chi connectivity index (χ4n) is 4.99. The molecular formula is C25H26ClN7O2. The average molecular weight is 492 g/mol. The number of aryl methyl sites for hydroxylation is 1. The highest BCUT2D eigenvalue weighted by Gasteiger charge is 2.36. The zero-order valence-corrected chi connectivity index (χ0v) is 20.6. The molecule has 35 heavy (non-hydrogen) atoms. The first-order chi connectivity index (χ1) is 16.8. The Morgan fingerprint density at radius 2 is 2.14 bits per heavy atom. The van der Waals surface area contributed by atoms with E-state index in [1.807, 2.05) is 28.9 Å². The predicted octanol–water partition coefficient (Wildman–Crippen LogP) is 4.87. The van der Waals surface area contributed by atoms with E-state index in [1.165, 1.54) is 6.33 Å². The molecule has 0 saturated heterocycles. The van der Waals surface area contributed by atoms with Gasteiger partial charge in [0.2, 0.25) is 5.88 Å². The third-order valence-corrected chi connectivity index (χ3v) is 7.29. The van der Waals surface area contributed by atoms with Gasteiger partial charge < -0.3 is 10.1 Å². The minimum atomic E-state index is -0.323. The number of ether oxygens (including phenoxy) is 1. The van der Waals surface area contributed by atoms with Crippen LogP contribution in [0.5, 0.6) is 11.6 Å². The average Bonchev–Trinajstić information content (AvgIpc) is 3.48. The van der Waals surface area contributed by atoms with Crippen LogP contribution in [0, 0.1) is 0 Å². The highest BCUT2D eigenvalue weighted by atomic mass is 35.5. The molecule has 1 atom stereocenters. The fraction of sp³-hybridized carbons (Fsp3) is 0.360. The van der Waals surface area contributed by atoms with Gasteiger partial charge in [-0.2, -0.15) is 5.10 Å². The molecule has 0 spiro atoms. The zero-order valence-electron chi connectivity index (χ0n) is 19.8. The molecule has 0 bridgehead atoms. The molecule has 0 radical (unpaired) electrons. The predicted molar refractivity (Wildman–Crippen MR) is 133 cm³/mol. The second-order valence-corrected chi connectivity index (χ2v) is 10.3. The van der Waals surface area contributed by atoms with Crippen LogP contribution in [-0.4, -0.2) is 36.4 Å². The quantitative estimate of drug-likeness (QED) is 0.424. The van der Waals surface area contributed by atoms with Crippen LogP contribution in [0.25, 0.3) is 10.9 Å². The topological polar surface area (TPSA) is 98.9 Å². The normalized spacial score (nSPS) is 18.3. The van der Waals surface area contributed by atoms with E-state index in [1.54, 1.807) is 10.8 Å². The highest BCUT2D eigenvalue weighted by Crippen LogP contribution is 2.41. The van der Waals surface area contributed by atoms with Crippen LogP contribution < -0.4 is 15.4 Å². The van der Waals surface area contributed by atoms with Crippen LogP contribution in [0.4, 0.5) is 10.6 Å². The second-order valence-electron chi connectivity index (χ2n) is 9.90. The van der Waals surface area contributed by atoms with Gasteiger partial charge in [-0.3, -0.25) is 14.6 Å². The number of halogens is 1. The van der Waals surface area contributed by atoms with Crippen molar-refractivity contribution in [1.82, 2.24) is 29.6 Å². The van der Waals surface area contributed by atoms with Gasteiger partial charge in [0.25, 0.3) is 0 Å². The molecule has 2 N–H and O–H groups in total. The first kappa shape index (κ1) is 22.1. The fourth-order valence-corrected chi connectivity index (χ4v) is 5.43. The van der Waals surface area contributed by atoms with Gasteiger partial charge in [-0.15, -0.1) is 0 Å². The monoisotopic (exact) mass is 491 g/mol. The van der Waals surface area contributed by atoms with Crippen molar-refractivity contribution in [2.24, 2.45) is 0 Å². The number of hydrogen-bond donors (Lipinski definition) is 2. The third-order valence-electron chi connectivity index (χ3n) is 6.93. The molecule has 0 aliphatic carbocycles. The molecule has 1 amide bonds. The minimum absolute atomic E-state index is 0.0684. The summed E-state index contributed by atoms with van der Waals surface area (Å²) in [6.45, 7) is 7.90. The first-order valence-electron chi connectivity index (χ1n) is 11.7. The van der Waals surface area contributed by atoms with Crippen molar-refractivity contribution in [3.05, 3.63) is 58.8 Å². The standard InChI is InChI=1S/C25H26ClN7O2/c1-14-10-17-18(12-27-14)28-13-29-23(17)35-16-4-5-19-15(11-16)6-8-32(19)24(34)30-22-20(26)21-25(2,3)7-9-33(21)31-22/h4-6,8,11,13-14,27H,7,9-10,12H2,1-3H3,(H,30,31,34)/t14-/m0/s1. The molecule has 10 heteroatoms.